The summed E-state index contributed by atoms with van der Waals surface area (Å²) in [5, 5.41) is 19.8. The molecule has 1 heterocycles. The van der Waals surface area contributed by atoms with Gasteiger partial charge in [-0.2, -0.15) is 0 Å². The van der Waals surface area contributed by atoms with Crippen LogP contribution in [-0.4, -0.2) is 52.7 Å². The molecule has 22 heavy (non-hydrogen) atoms. The van der Waals surface area contributed by atoms with Gasteiger partial charge in [0, 0.05) is 19.0 Å². The molecule has 118 valence electrons. The second-order valence-electron chi connectivity index (χ2n) is 4.89. The molecule has 1 fully saturated rings. The summed E-state index contributed by atoms with van der Waals surface area (Å²) in [5.41, 5.74) is -3.24. The van der Waals surface area contributed by atoms with E-state index in [0.717, 1.165) is 11.0 Å². The van der Waals surface area contributed by atoms with E-state index < -0.39 is 34.7 Å². The number of carboxylic acids is 1. The minimum Gasteiger partial charge on any atom is -0.497 e. The molecule has 1 atom stereocenters. The Kier molecular flexibility index (Phi) is 3.98. The fraction of sp³-hybridized carbons (Fsp3) is 0.385. The molecule has 0 radical (unpaired) electrons. The number of alkyl halides is 1. The van der Waals surface area contributed by atoms with Gasteiger partial charge in [-0.05, 0) is 12.1 Å². The summed E-state index contributed by atoms with van der Waals surface area (Å²) in [7, 11) is 1.34. The smallest absolute Gasteiger partial charge is 0.343 e. The summed E-state index contributed by atoms with van der Waals surface area (Å²) in [6.45, 7) is -0.772. The number of halogens is 1. The predicted molar refractivity (Wildman–Crippen MR) is 71.6 cm³/mol. The highest BCUT2D eigenvalue weighted by molar-refractivity contribution is 5.99. The number of likely N-dealkylation sites (tertiary alicyclic amines) is 1. The van der Waals surface area contributed by atoms with E-state index in [1.165, 1.54) is 19.2 Å². The van der Waals surface area contributed by atoms with Crippen molar-refractivity contribution in [1.29, 1.82) is 0 Å². The maximum atomic E-state index is 14.0. The normalized spacial score (nSPS) is 20.7. The van der Waals surface area contributed by atoms with Gasteiger partial charge in [-0.25, -0.2) is 9.18 Å². The Balaban J connectivity index is 2.34. The molecule has 8 nitrogen and oxygen atoms in total. The van der Waals surface area contributed by atoms with Gasteiger partial charge >= 0.3 is 5.97 Å². The Morgan fingerprint density at radius 2 is 2.18 bits per heavy atom. The molecular weight excluding hydrogens is 299 g/mol. The molecule has 1 amide bonds. The largest absolute Gasteiger partial charge is 0.497 e. The molecule has 1 aliphatic heterocycles. The fourth-order valence-electron chi connectivity index (χ4n) is 2.26. The number of benzene rings is 1. The van der Waals surface area contributed by atoms with Crippen LogP contribution in [0.15, 0.2) is 18.2 Å². The number of carboxylic acid groups (broad SMARTS) is 1. The van der Waals surface area contributed by atoms with Crippen LogP contribution in [0.5, 0.6) is 5.75 Å². The summed E-state index contributed by atoms with van der Waals surface area (Å²) in [5.74, 6) is -2.22. The highest BCUT2D eigenvalue weighted by Gasteiger charge is 2.47. The van der Waals surface area contributed by atoms with Crippen molar-refractivity contribution < 1.29 is 28.7 Å². The highest BCUT2D eigenvalue weighted by atomic mass is 19.1. The minimum atomic E-state index is -2.52. The lowest BCUT2D eigenvalue weighted by molar-refractivity contribution is -0.385. The molecule has 0 saturated carbocycles. The van der Waals surface area contributed by atoms with Gasteiger partial charge in [-0.3, -0.25) is 14.9 Å². The number of methoxy groups -OCH3 is 1. The molecule has 9 heteroatoms. The van der Waals surface area contributed by atoms with Gasteiger partial charge in [0.2, 0.25) is 5.67 Å². The van der Waals surface area contributed by atoms with Crippen molar-refractivity contribution in [3.8, 4) is 5.75 Å². The fourth-order valence-corrected chi connectivity index (χ4v) is 2.26. The lowest BCUT2D eigenvalue weighted by Gasteiger charge is -2.18. The van der Waals surface area contributed by atoms with E-state index in [0.29, 0.717) is 0 Å². The van der Waals surface area contributed by atoms with Crippen LogP contribution < -0.4 is 4.74 Å². The molecule has 0 aliphatic carbocycles. The number of nitro benzene ring substituents is 1. The van der Waals surface area contributed by atoms with E-state index in [1.54, 1.807) is 0 Å². The SMILES string of the molecule is COc1ccc([N+](=O)[O-])c(C(=O)N2CCC(F)(C(=O)O)C2)c1. The summed E-state index contributed by atoms with van der Waals surface area (Å²) < 4.78 is 18.9. The van der Waals surface area contributed by atoms with Crippen molar-refractivity contribution in [2.24, 2.45) is 0 Å². The highest BCUT2D eigenvalue weighted by Crippen LogP contribution is 2.30. The van der Waals surface area contributed by atoms with Crippen molar-refractivity contribution >= 4 is 17.6 Å². The third-order valence-electron chi connectivity index (χ3n) is 3.52. The van der Waals surface area contributed by atoms with Gasteiger partial charge in [-0.15, -0.1) is 0 Å². The Bertz CT molecular complexity index is 649. The van der Waals surface area contributed by atoms with Gasteiger partial charge in [0.15, 0.2) is 0 Å². The third kappa shape index (κ3) is 2.69. The number of carbonyl (C=O) groups is 2. The van der Waals surface area contributed by atoms with E-state index >= 15 is 0 Å². The number of hydrogen-bond acceptors (Lipinski definition) is 5. The topological polar surface area (TPSA) is 110 Å². The van der Waals surface area contributed by atoms with E-state index in [2.05, 4.69) is 0 Å². The van der Waals surface area contributed by atoms with Crippen LogP contribution in [0, 0.1) is 10.1 Å². The first-order valence-electron chi connectivity index (χ1n) is 6.32. The molecule has 0 bridgehead atoms. The quantitative estimate of drug-likeness (QED) is 0.661. The second-order valence-corrected chi connectivity index (χ2v) is 4.89. The number of ether oxygens (including phenoxy) is 1. The molecule has 1 saturated heterocycles. The molecule has 1 N–H and O–H groups in total. The second kappa shape index (κ2) is 5.58. The Morgan fingerprint density at radius 3 is 2.68 bits per heavy atom. The summed E-state index contributed by atoms with van der Waals surface area (Å²) in [4.78, 5) is 34.4. The van der Waals surface area contributed by atoms with Gasteiger partial charge in [0.1, 0.15) is 11.3 Å². The summed E-state index contributed by atoms with van der Waals surface area (Å²) in [6.07, 6.45) is -0.355. The van der Waals surface area contributed by atoms with E-state index in [9.17, 15) is 24.1 Å². The summed E-state index contributed by atoms with van der Waals surface area (Å²) >= 11 is 0. The number of nitro groups is 1. The van der Waals surface area contributed by atoms with Crippen LogP contribution in [0.25, 0.3) is 0 Å². The zero-order valence-corrected chi connectivity index (χ0v) is 11.6. The summed E-state index contributed by atoms with van der Waals surface area (Å²) in [6, 6.07) is 3.62. The van der Waals surface area contributed by atoms with Crippen LogP contribution in [0.1, 0.15) is 16.8 Å². The molecule has 2 rings (SSSR count). The van der Waals surface area contributed by atoms with Crippen molar-refractivity contribution in [2.45, 2.75) is 12.1 Å². The number of carbonyl (C=O) groups excluding carboxylic acids is 1. The van der Waals surface area contributed by atoms with Crippen molar-refractivity contribution in [2.75, 3.05) is 20.2 Å². The third-order valence-corrected chi connectivity index (χ3v) is 3.52. The van der Waals surface area contributed by atoms with Crippen molar-refractivity contribution in [3.05, 3.63) is 33.9 Å². The maximum absolute atomic E-state index is 14.0. The predicted octanol–water partition coefficient (Wildman–Crippen LogP) is 1.24. The molecule has 1 aliphatic rings. The Hall–Kier alpha value is -2.71. The molecule has 1 unspecified atom stereocenters. The molecule has 1 aromatic carbocycles. The number of aliphatic carboxylic acids is 1. The van der Waals surface area contributed by atoms with Crippen LogP contribution in [0.3, 0.4) is 0 Å². The van der Waals surface area contributed by atoms with E-state index in [4.69, 9.17) is 9.84 Å². The molecular formula is C13H13FN2O6. The standard InChI is InChI=1S/C13H13FN2O6/c1-22-8-2-3-10(16(20)21)9(6-8)11(17)15-5-4-13(14,7-15)12(18)19/h2-3,6H,4-5,7H2,1H3,(H,18,19). The van der Waals surface area contributed by atoms with Crippen LogP contribution in [0.2, 0.25) is 0 Å². The monoisotopic (exact) mass is 312 g/mol. The van der Waals surface area contributed by atoms with Gasteiger partial charge in [0.05, 0.1) is 18.6 Å². The zero-order chi connectivity index (χ0) is 16.5. The average Bonchev–Trinajstić information content (AvgIpc) is 2.89. The van der Waals surface area contributed by atoms with Crippen LogP contribution >= 0.6 is 0 Å². The number of amides is 1. The lowest BCUT2D eigenvalue weighted by atomic mass is 10.1. The molecule has 0 spiro atoms. The first kappa shape index (κ1) is 15.7. The maximum Gasteiger partial charge on any atom is 0.343 e. The van der Waals surface area contributed by atoms with Gasteiger partial charge in [0.25, 0.3) is 11.6 Å². The lowest BCUT2D eigenvalue weighted by Crippen LogP contribution is -2.39. The number of hydrogen-bond donors (Lipinski definition) is 1. The zero-order valence-electron chi connectivity index (χ0n) is 11.6. The molecule has 0 aromatic heterocycles. The first-order valence-corrected chi connectivity index (χ1v) is 6.32. The van der Waals surface area contributed by atoms with Crippen LogP contribution in [-0.2, 0) is 4.79 Å². The minimum absolute atomic E-state index is 0.129. The van der Waals surface area contributed by atoms with Crippen LogP contribution in [0.4, 0.5) is 10.1 Å². The van der Waals surface area contributed by atoms with Crippen molar-refractivity contribution in [3.63, 3.8) is 0 Å². The van der Waals surface area contributed by atoms with E-state index in [1.807, 2.05) is 0 Å². The average molecular weight is 312 g/mol. The van der Waals surface area contributed by atoms with E-state index in [-0.39, 0.29) is 24.3 Å². The Labute approximate surface area is 124 Å². The van der Waals surface area contributed by atoms with Crippen molar-refractivity contribution in [1.82, 2.24) is 4.90 Å². The van der Waals surface area contributed by atoms with Gasteiger partial charge < -0.3 is 14.7 Å². The number of nitrogens with zero attached hydrogens (tertiary/aromatic N) is 2. The Morgan fingerprint density at radius 1 is 1.50 bits per heavy atom. The van der Waals surface area contributed by atoms with Gasteiger partial charge in [-0.1, -0.05) is 0 Å². The number of rotatable bonds is 4. The molecule has 1 aromatic rings. The first-order chi connectivity index (χ1) is 10.3.